The maximum absolute atomic E-state index is 12.5. The minimum atomic E-state index is -0.343. The molecule has 0 spiro atoms. The first-order valence-electron chi connectivity index (χ1n) is 9.52. The Bertz CT molecular complexity index is 1300. The number of aromatic nitrogens is 4. The van der Waals surface area contributed by atoms with Crippen LogP contribution in [0.15, 0.2) is 47.4 Å². The molecule has 146 valence electrons. The van der Waals surface area contributed by atoms with E-state index < -0.39 is 0 Å². The van der Waals surface area contributed by atoms with Gasteiger partial charge in [0.05, 0.1) is 5.69 Å². The van der Waals surface area contributed by atoms with Gasteiger partial charge in [-0.1, -0.05) is 18.2 Å². The molecule has 0 unspecified atom stereocenters. The van der Waals surface area contributed by atoms with Gasteiger partial charge in [-0.3, -0.25) is 9.20 Å². The lowest BCUT2D eigenvalue weighted by Gasteiger charge is -2.03. The summed E-state index contributed by atoms with van der Waals surface area (Å²) in [7, 11) is 0. The lowest BCUT2D eigenvalue weighted by Crippen LogP contribution is -2.28. The first kappa shape index (κ1) is 17.8. The highest BCUT2D eigenvalue weighted by atomic mass is 32.1. The Morgan fingerprint density at radius 1 is 1.21 bits per heavy atom. The standard InChI is InChI=1S/C21H19N5O2S/c1-13-19(16-9-8-14-5-4-6-15(14)11-16)23-20(29-13)22-18(27)12-26-21(28)25-10-3-2-7-17(25)24-26/h2-3,7-11H,4-6,12H2,1H3,(H,22,23,27). The van der Waals surface area contributed by atoms with E-state index in [4.69, 9.17) is 0 Å². The predicted molar refractivity (Wildman–Crippen MR) is 112 cm³/mol. The molecule has 4 aromatic rings. The van der Waals surface area contributed by atoms with Gasteiger partial charge in [-0.25, -0.2) is 14.5 Å². The average molecular weight is 405 g/mol. The van der Waals surface area contributed by atoms with Gasteiger partial charge in [0.1, 0.15) is 6.54 Å². The summed E-state index contributed by atoms with van der Waals surface area (Å²) >= 11 is 1.43. The number of rotatable bonds is 4. The molecule has 7 nitrogen and oxygen atoms in total. The minimum Gasteiger partial charge on any atom is -0.300 e. The second-order valence-electron chi connectivity index (χ2n) is 7.18. The van der Waals surface area contributed by atoms with E-state index in [0.717, 1.165) is 33.7 Å². The molecule has 0 saturated carbocycles. The lowest BCUT2D eigenvalue weighted by molar-refractivity contribution is -0.117. The smallest absolute Gasteiger partial charge is 0.300 e. The Labute approximate surface area is 170 Å². The zero-order chi connectivity index (χ0) is 20.0. The Hall–Kier alpha value is -3.26. The van der Waals surface area contributed by atoms with Gasteiger partial charge in [0, 0.05) is 16.6 Å². The quantitative estimate of drug-likeness (QED) is 0.566. The van der Waals surface area contributed by atoms with Crippen molar-refractivity contribution in [2.75, 3.05) is 5.32 Å². The molecule has 1 aromatic carbocycles. The predicted octanol–water partition coefficient (Wildman–Crippen LogP) is 3.06. The molecule has 3 heterocycles. The van der Waals surface area contributed by atoms with Crippen LogP contribution in [0.2, 0.25) is 0 Å². The van der Waals surface area contributed by atoms with Crippen LogP contribution in [-0.2, 0) is 24.2 Å². The number of anilines is 1. The summed E-state index contributed by atoms with van der Waals surface area (Å²) in [5.41, 5.74) is 4.96. The first-order chi connectivity index (χ1) is 14.1. The van der Waals surface area contributed by atoms with Crippen molar-refractivity contribution in [3.8, 4) is 11.3 Å². The van der Waals surface area contributed by atoms with Crippen LogP contribution in [0.1, 0.15) is 22.4 Å². The third-order valence-corrected chi connectivity index (χ3v) is 6.08. The van der Waals surface area contributed by atoms with Gasteiger partial charge in [-0.05, 0) is 55.5 Å². The number of amides is 1. The van der Waals surface area contributed by atoms with Gasteiger partial charge in [0.15, 0.2) is 10.8 Å². The Morgan fingerprint density at radius 3 is 2.93 bits per heavy atom. The van der Waals surface area contributed by atoms with Gasteiger partial charge in [-0.2, -0.15) is 0 Å². The monoisotopic (exact) mass is 405 g/mol. The number of carbonyl (C=O) groups is 1. The summed E-state index contributed by atoms with van der Waals surface area (Å²) in [6, 6.07) is 11.8. The van der Waals surface area contributed by atoms with Crippen molar-refractivity contribution >= 4 is 28.0 Å². The Balaban J connectivity index is 1.35. The number of pyridine rings is 1. The third-order valence-electron chi connectivity index (χ3n) is 5.20. The van der Waals surface area contributed by atoms with Crippen LogP contribution in [0.5, 0.6) is 0 Å². The van der Waals surface area contributed by atoms with E-state index in [1.54, 1.807) is 24.4 Å². The molecule has 1 amide bonds. The molecule has 0 radical (unpaired) electrons. The van der Waals surface area contributed by atoms with Gasteiger partial charge in [0.2, 0.25) is 5.91 Å². The van der Waals surface area contributed by atoms with E-state index in [0.29, 0.717) is 10.8 Å². The normalized spacial score (nSPS) is 13.0. The van der Waals surface area contributed by atoms with Crippen molar-refractivity contribution in [2.24, 2.45) is 0 Å². The van der Waals surface area contributed by atoms with Gasteiger partial charge in [-0.15, -0.1) is 16.4 Å². The summed E-state index contributed by atoms with van der Waals surface area (Å²) < 4.78 is 2.57. The second-order valence-corrected chi connectivity index (χ2v) is 8.38. The van der Waals surface area contributed by atoms with E-state index in [9.17, 15) is 9.59 Å². The molecular weight excluding hydrogens is 386 g/mol. The van der Waals surface area contributed by atoms with E-state index in [2.05, 4.69) is 33.6 Å². The van der Waals surface area contributed by atoms with Crippen LogP contribution in [0, 0.1) is 6.92 Å². The highest BCUT2D eigenvalue weighted by molar-refractivity contribution is 7.16. The number of fused-ring (bicyclic) bond motifs is 2. The molecule has 0 atom stereocenters. The molecule has 29 heavy (non-hydrogen) atoms. The average Bonchev–Trinajstić information content (AvgIpc) is 3.40. The molecule has 0 saturated heterocycles. The molecule has 8 heteroatoms. The molecule has 1 aliphatic carbocycles. The van der Waals surface area contributed by atoms with Crippen molar-refractivity contribution in [1.82, 2.24) is 19.2 Å². The van der Waals surface area contributed by atoms with Gasteiger partial charge >= 0.3 is 5.69 Å². The molecule has 0 bridgehead atoms. The summed E-state index contributed by atoms with van der Waals surface area (Å²) in [5, 5.41) is 7.52. The van der Waals surface area contributed by atoms with E-state index in [1.165, 1.54) is 33.3 Å². The fourth-order valence-electron chi connectivity index (χ4n) is 3.80. The molecule has 0 fully saturated rings. The summed E-state index contributed by atoms with van der Waals surface area (Å²) in [5.74, 6) is -0.329. The number of nitrogens with zero attached hydrogens (tertiary/aromatic N) is 4. The van der Waals surface area contributed by atoms with Crippen LogP contribution < -0.4 is 11.0 Å². The minimum absolute atomic E-state index is 0.159. The largest absolute Gasteiger partial charge is 0.350 e. The number of hydrogen-bond donors (Lipinski definition) is 1. The van der Waals surface area contributed by atoms with Crippen LogP contribution in [0.3, 0.4) is 0 Å². The van der Waals surface area contributed by atoms with Crippen LogP contribution in [-0.4, -0.2) is 25.1 Å². The molecule has 5 rings (SSSR count). The summed E-state index contributed by atoms with van der Waals surface area (Å²) in [6.07, 6.45) is 5.10. The van der Waals surface area contributed by atoms with Crippen molar-refractivity contribution < 1.29 is 4.79 Å². The third kappa shape index (κ3) is 3.25. The van der Waals surface area contributed by atoms with E-state index >= 15 is 0 Å². The lowest BCUT2D eigenvalue weighted by atomic mass is 10.0. The van der Waals surface area contributed by atoms with Gasteiger partial charge < -0.3 is 5.32 Å². The van der Waals surface area contributed by atoms with Crippen LogP contribution >= 0.6 is 11.3 Å². The van der Waals surface area contributed by atoms with E-state index in [-0.39, 0.29) is 18.1 Å². The van der Waals surface area contributed by atoms with Crippen molar-refractivity contribution in [1.29, 1.82) is 0 Å². The fraction of sp³-hybridized carbons (Fsp3) is 0.238. The number of benzene rings is 1. The number of hydrogen-bond acceptors (Lipinski definition) is 5. The zero-order valence-electron chi connectivity index (χ0n) is 15.9. The fourth-order valence-corrected chi connectivity index (χ4v) is 4.65. The molecule has 0 aliphatic heterocycles. The van der Waals surface area contributed by atoms with Crippen molar-refractivity contribution in [3.63, 3.8) is 0 Å². The van der Waals surface area contributed by atoms with Crippen LogP contribution in [0.4, 0.5) is 5.13 Å². The number of nitrogens with one attached hydrogen (secondary N) is 1. The molecule has 1 N–H and O–H groups in total. The van der Waals surface area contributed by atoms with Crippen molar-refractivity contribution in [3.05, 3.63) is 69.1 Å². The SMILES string of the molecule is Cc1sc(NC(=O)Cn2nc3ccccn3c2=O)nc1-c1ccc2c(c1)CCC2. The molecular formula is C21H19N5O2S. The summed E-state index contributed by atoms with van der Waals surface area (Å²) in [6.45, 7) is 1.84. The molecule has 3 aromatic heterocycles. The second kappa shape index (κ2) is 6.97. The zero-order valence-corrected chi connectivity index (χ0v) is 16.7. The highest BCUT2D eigenvalue weighted by Crippen LogP contribution is 2.33. The number of aryl methyl sites for hydroxylation is 3. The van der Waals surface area contributed by atoms with Crippen molar-refractivity contribution in [2.45, 2.75) is 32.7 Å². The first-order valence-corrected chi connectivity index (χ1v) is 10.3. The maximum atomic E-state index is 12.5. The maximum Gasteiger partial charge on any atom is 0.350 e. The number of carbonyl (C=O) groups excluding carboxylic acids is 1. The molecule has 1 aliphatic rings. The topological polar surface area (TPSA) is 81.3 Å². The Morgan fingerprint density at radius 2 is 2.07 bits per heavy atom. The Kier molecular flexibility index (Phi) is 4.28. The van der Waals surface area contributed by atoms with Gasteiger partial charge in [0.25, 0.3) is 0 Å². The van der Waals surface area contributed by atoms with E-state index in [1.807, 2.05) is 6.92 Å². The summed E-state index contributed by atoms with van der Waals surface area (Å²) in [4.78, 5) is 30.5. The van der Waals surface area contributed by atoms with Crippen LogP contribution in [0.25, 0.3) is 16.9 Å². The highest BCUT2D eigenvalue weighted by Gasteiger charge is 2.17. The number of thiazole rings is 1.